The van der Waals surface area contributed by atoms with E-state index in [-0.39, 0.29) is 24.9 Å². The zero-order chi connectivity index (χ0) is 14.8. The van der Waals surface area contributed by atoms with Crippen molar-refractivity contribution in [3.63, 3.8) is 0 Å². The number of likely N-dealkylation sites (N-methyl/N-ethyl adjacent to an activating group) is 1. The highest BCUT2D eigenvalue weighted by atomic mass is 19.1. The number of ether oxygens (including phenoxy) is 2. The molecule has 2 aromatic carbocycles. The normalized spacial score (nSPS) is 12.3. The number of nitrogens with zero attached hydrogens (tertiary/aromatic N) is 1. The number of ketones is 1. The molecule has 0 fully saturated rings. The minimum absolute atomic E-state index is 0.0416. The van der Waals surface area contributed by atoms with E-state index < -0.39 is 0 Å². The number of carbonyl (C=O) groups is 1. The molecule has 108 valence electrons. The van der Waals surface area contributed by atoms with Gasteiger partial charge in [-0.1, -0.05) is 0 Å². The predicted molar refractivity (Wildman–Crippen MR) is 76.6 cm³/mol. The molecule has 0 bridgehead atoms. The highest BCUT2D eigenvalue weighted by Gasteiger charge is 2.17. The van der Waals surface area contributed by atoms with Gasteiger partial charge in [-0.05, 0) is 42.5 Å². The Hall–Kier alpha value is -2.56. The zero-order valence-electron chi connectivity index (χ0n) is 11.5. The first-order valence-corrected chi connectivity index (χ1v) is 6.53. The van der Waals surface area contributed by atoms with Gasteiger partial charge >= 0.3 is 0 Å². The van der Waals surface area contributed by atoms with Crippen LogP contribution in [0.3, 0.4) is 0 Å². The SMILES string of the molecule is CN(CC(=O)c1ccc2c(c1)OCO2)c1ccc(F)cc1. The van der Waals surface area contributed by atoms with Crippen molar-refractivity contribution in [2.75, 3.05) is 25.3 Å². The van der Waals surface area contributed by atoms with Crippen molar-refractivity contribution in [1.29, 1.82) is 0 Å². The largest absolute Gasteiger partial charge is 0.454 e. The Balaban J connectivity index is 1.72. The fraction of sp³-hybridized carbons (Fsp3) is 0.188. The van der Waals surface area contributed by atoms with E-state index in [1.165, 1.54) is 12.1 Å². The van der Waals surface area contributed by atoms with Crippen molar-refractivity contribution in [3.05, 3.63) is 53.8 Å². The third kappa shape index (κ3) is 2.81. The minimum Gasteiger partial charge on any atom is -0.454 e. The van der Waals surface area contributed by atoms with Gasteiger partial charge in [-0.15, -0.1) is 0 Å². The molecule has 0 radical (unpaired) electrons. The lowest BCUT2D eigenvalue weighted by molar-refractivity contribution is 0.1000. The number of rotatable bonds is 4. The fourth-order valence-corrected chi connectivity index (χ4v) is 2.16. The second-order valence-electron chi connectivity index (χ2n) is 4.82. The van der Waals surface area contributed by atoms with Crippen LogP contribution in [0, 0.1) is 5.82 Å². The highest BCUT2D eigenvalue weighted by molar-refractivity contribution is 5.99. The Labute approximate surface area is 121 Å². The van der Waals surface area contributed by atoms with Crippen LogP contribution in [0.1, 0.15) is 10.4 Å². The summed E-state index contributed by atoms with van der Waals surface area (Å²) in [7, 11) is 1.79. The van der Waals surface area contributed by atoms with Gasteiger partial charge < -0.3 is 14.4 Å². The van der Waals surface area contributed by atoms with Crippen LogP contribution in [0.5, 0.6) is 11.5 Å². The molecule has 1 aliphatic heterocycles. The van der Waals surface area contributed by atoms with Crippen LogP contribution >= 0.6 is 0 Å². The molecular formula is C16H14FNO3. The minimum atomic E-state index is -0.297. The van der Waals surface area contributed by atoms with E-state index in [2.05, 4.69) is 0 Å². The molecule has 1 aliphatic rings. The van der Waals surface area contributed by atoms with Crippen LogP contribution < -0.4 is 14.4 Å². The van der Waals surface area contributed by atoms with Gasteiger partial charge in [0.25, 0.3) is 0 Å². The Kier molecular flexibility index (Phi) is 3.48. The summed E-state index contributed by atoms with van der Waals surface area (Å²) in [4.78, 5) is 14.1. The van der Waals surface area contributed by atoms with Crippen LogP contribution in [0.15, 0.2) is 42.5 Å². The summed E-state index contributed by atoms with van der Waals surface area (Å²) < 4.78 is 23.4. The van der Waals surface area contributed by atoms with Crippen molar-refractivity contribution < 1.29 is 18.7 Å². The van der Waals surface area contributed by atoms with Crippen molar-refractivity contribution in [1.82, 2.24) is 0 Å². The first-order valence-electron chi connectivity index (χ1n) is 6.53. The van der Waals surface area contributed by atoms with Gasteiger partial charge in [0.05, 0.1) is 6.54 Å². The smallest absolute Gasteiger partial charge is 0.231 e. The van der Waals surface area contributed by atoms with E-state index in [1.807, 2.05) is 0 Å². The summed E-state index contributed by atoms with van der Waals surface area (Å²) in [5.41, 5.74) is 1.35. The summed E-state index contributed by atoms with van der Waals surface area (Å²) in [6.07, 6.45) is 0. The fourth-order valence-electron chi connectivity index (χ4n) is 2.16. The second kappa shape index (κ2) is 5.44. The standard InChI is InChI=1S/C16H14FNO3/c1-18(13-5-3-12(17)4-6-13)9-14(19)11-2-7-15-16(8-11)21-10-20-15/h2-8H,9-10H2,1H3. The molecule has 0 N–H and O–H groups in total. The molecule has 0 atom stereocenters. The maximum absolute atomic E-state index is 12.9. The van der Waals surface area contributed by atoms with Crippen molar-refractivity contribution in [2.45, 2.75) is 0 Å². The van der Waals surface area contributed by atoms with E-state index >= 15 is 0 Å². The van der Waals surface area contributed by atoms with Gasteiger partial charge in [0.2, 0.25) is 6.79 Å². The van der Waals surface area contributed by atoms with Crippen LogP contribution in [0.25, 0.3) is 0 Å². The lowest BCUT2D eigenvalue weighted by Gasteiger charge is -2.18. The second-order valence-corrected chi connectivity index (χ2v) is 4.82. The van der Waals surface area contributed by atoms with Gasteiger partial charge in [0.1, 0.15) is 5.82 Å². The van der Waals surface area contributed by atoms with E-state index in [4.69, 9.17) is 9.47 Å². The van der Waals surface area contributed by atoms with Crippen LogP contribution in [-0.2, 0) is 0 Å². The molecule has 0 saturated carbocycles. The number of benzene rings is 2. The average Bonchev–Trinajstić information content (AvgIpc) is 2.95. The Morgan fingerprint density at radius 3 is 2.62 bits per heavy atom. The van der Waals surface area contributed by atoms with E-state index in [0.29, 0.717) is 17.1 Å². The first kappa shape index (κ1) is 13.4. The molecule has 5 heteroatoms. The number of hydrogen-bond donors (Lipinski definition) is 0. The number of Topliss-reactive ketones (excluding diaryl/α,β-unsaturated/α-hetero) is 1. The summed E-state index contributed by atoms with van der Waals surface area (Å²) in [6, 6.07) is 11.2. The summed E-state index contributed by atoms with van der Waals surface area (Å²) in [5.74, 6) is 0.901. The molecule has 21 heavy (non-hydrogen) atoms. The summed E-state index contributed by atoms with van der Waals surface area (Å²) in [6.45, 7) is 0.383. The van der Waals surface area contributed by atoms with Crippen molar-refractivity contribution >= 4 is 11.5 Å². The molecule has 3 rings (SSSR count). The topological polar surface area (TPSA) is 38.8 Å². The maximum atomic E-state index is 12.9. The predicted octanol–water partition coefficient (Wildman–Crippen LogP) is 2.87. The average molecular weight is 287 g/mol. The number of hydrogen-bond acceptors (Lipinski definition) is 4. The molecule has 0 spiro atoms. The van der Waals surface area contributed by atoms with Crippen molar-refractivity contribution in [3.8, 4) is 11.5 Å². The molecule has 0 aliphatic carbocycles. The molecular weight excluding hydrogens is 273 g/mol. The molecule has 1 heterocycles. The van der Waals surface area contributed by atoms with Gasteiger partial charge in [0.15, 0.2) is 17.3 Å². The van der Waals surface area contributed by atoms with Gasteiger partial charge in [-0.2, -0.15) is 0 Å². The van der Waals surface area contributed by atoms with Crippen LogP contribution in [-0.4, -0.2) is 26.2 Å². The van der Waals surface area contributed by atoms with Crippen LogP contribution in [0.2, 0.25) is 0 Å². The number of fused-ring (bicyclic) bond motifs is 1. The van der Waals surface area contributed by atoms with Gasteiger partial charge in [-0.3, -0.25) is 4.79 Å². The third-order valence-corrected chi connectivity index (χ3v) is 3.34. The van der Waals surface area contributed by atoms with Gasteiger partial charge in [0, 0.05) is 18.3 Å². The Morgan fingerprint density at radius 2 is 1.86 bits per heavy atom. The Morgan fingerprint density at radius 1 is 1.14 bits per heavy atom. The third-order valence-electron chi connectivity index (χ3n) is 3.34. The molecule has 0 amide bonds. The van der Waals surface area contributed by atoms with Crippen molar-refractivity contribution in [2.24, 2.45) is 0 Å². The lowest BCUT2D eigenvalue weighted by Crippen LogP contribution is -2.25. The highest BCUT2D eigenvalue weighted by Crippen LogP contribution is 2.32. The Bertz CT molecular complexity index is 670. The van der Waals surface area contributed by atoms with E-state index in [0.717, 1.165) is 5.69 Å². The zero-order valence-corrected chi connectivity index (χ0v) is 11.5. The quantitative estimate of drug-likeness (QED) is 0.811. The number of halogens is 1. The van der Waals surface area contributed by atoms with E-state index in [9.17, 15) is 9.18 Å². The molecule has 2 aromatic rings. The monoisotopic (exact) mass is 287 g/mol. The number of carbonyl (C=O) groups excluding carboxylic acids is 1. The summed E-state index contributed by atoms with van der Waals surface area (Å²) >= 11 is 0. The molecule has 0 saturated heterocycles. The maximum Gasteiger partial charge on any atom is 0.231 e. The van der Waals surface area contributed by atoms with E-state index in [1.54, 1.807) is 42.3 Å². The van der Waals surface area contributed by atoms with Crippen LogP contribution in [0.4, 0.5) is 10.1 Å². The first-order chi connectivity index (χ1) is 10.1. The molecule has 0 aromatic heterocycles. The molecule has 4 nitrogen and oxygen atoms in total. The number of anilines is 1. The van der Waals surface area contributed by atoms with Gasteiger partial charge in [-0.25, -0.2) is 4.39 Å². The summed E-state index contributed by atoms with van der Waals surface area (Å²) in [5, 5.41) is 0. The molecule has 0 unspecified atom stereocenters. The lowest BCUT2D eigenvalue weighted by atomic mass is 10.1.